The SMILES string of the molecule is CCCNC(=O)N1CCc2cc(OC)c(OC)cc2[C@H]1CNC(=O)c1ccccc1C. The minimum Gasteiger partial charge on any atom is -0.493 e. The summed E-state index contributed by atoms with van der Waals surface area (Å²) in [4.78, 5) is 27.5. The minimum absolute atomic E-state index is 0.127. The zero-order valence-corrected chi connectivity index (χ0v) is 18.7. The van der Waals surface area contributed by atoms with Crippen LogP contribution in [-0.2, 0) is 6.42 Å². The fraction of sp³-hybridized carbons (Fsp3) is 0.417. The summed E-state index contributed by atoms with van der Waals surface area (Å²) in [5.41, 5.74) is 3.59. The molecule has 1 aliphatic heterocycles. The Balaban J connectivity index is 1.90. The molecule has 0 unspecified atom stereocenters. The first-order chi connectivity index (χ1) is 15.0. The van der Waals surface area contributed by atoms with E-state index < -0.39 is 0 Å². The fourth-order valence-corrected chi connectivity index (χ4v) is 3.94. The maximum Gasteiger partial charge on any atom is 0.317 e. The van der Waals surface area contributed by atoms with Crippen LogP contribution in [0.4, 0.5) is 4.79 Å². The Labute approximate surface area is 183 Å². The van der Waals surface area contributed by atoms with Crippen molar-refractivity contribution in [2.45, 2.75) is 32.7 Å². The summed E-state index contributed by atoms with van der Waals surface area (Å²) in [5.74, 6) is 1.11. The van der Waals surface area contributed by atoms with E-state index in [-0.39, 0.29) is 18.0 Å². The van der Waals surface area contributed by atoms with Gasteiger partial charge in [0.05, 0.1) is 20.3 Å². The highest BCUT2D eigenvalue weighted by atomic mass is 16.5. The summed E-state index contributed by atoms with van der Waals surface area (Å²) in [6, 6.07) is 10.9. The van der Waals surface area contributed by atoms with Gasteiger partial charge in [0, 0.05) is 25.2 Å². The summed E-state index contributed by atoms with van der Waals surface area (Å²) in [6.07, 6.45) is 1.56. The van der Waals surface area contributed by atoms with Crippen molar-refractivity contribution in [2.24, 2.45) is 0 Å². The average molecular weight is 426 g/mol. The second kappa shape index (κ2) is 10.2. The molecule has 1 heterocycles. The number of fused-ring (bicyclic) bond motifs is 1. The molecular weight excluding hydrogens is 394 g/mol. The van der Waals surface area contributed by atoms with Crippen LogP contribution in [0, 0.1) is 6.92 Å². The van der Waals surface area contributed by atoms with Crippen molar-refractivity contribution in [2.75, 3.05) is 33.9 Å². The van der Waals surface area contributed by atoms with Gasteiger partial charge in [-0.3, -0.25) is 4.79 Å². The van der Waals surface area contributed by atoms with Crippen molar-refractivity contribution >= 4 is 11.9 Å². The van der Waals surface area contributed by atoms with E-state index in [0.717, 1.165) is 23.1 Å². The number of urea groups is 1. The zero-order valence-electron chi connectivity index (χ0n) is 18.7. The van der Waals surface area contributed by atoms with E-state index in [1.165, 1.54) is 0 Å². The van der Waals surface area contributed by atoms with Gasteiger partial charge in [-0.1, -0.05) is 25.1 Å². The van der Waals surface area contributed by atoms with Crippen molar-refractivity contribution in [3.63, 3.8) is 0 Å². The smallest absolute Gasteiger partial charge is 0.317 e. The van der Waals surface area contributed by atoms with Crippen molar-refractivity contribution in [1.29, 1.82) is 0 Å². The van der Waals surface area contributed by atoms with Crippen molar-refractivity contribution in [3.8, 4) is 11.5 Å². The number of aryl methyl sites for hydroxylation is 1. The number of carbonyl (C=O) groups is 2. The first kappa shape index (κ1) is 22.5. The molecule has 31 heavy (non-hydrogen) atoms. The van der Waals surface area contributed by atoms with Gasteiger partial charge in [0.2, 0.25) is 0 Å². The normalized spacial score (nSPS) is 15.1. The predicted octanol–water partition coefficient (Wildman–Crippen LogP) is 3.46. The van der Waals surface area contributed by atoms with Crippen LogP contribution in [0.25, 0.3) is 0 Å². The third-order valence-corrected chi connectivity index (χ3v) is 5.64. The highest BCUT2D eigenvalue weighted by Gasteiger charge is 2.32. The number of amides is 3. The first-order valence-corrected chi connectivity index (χ1v) is 10.6. The number of benzene rings is 2. The van der Waals surface area contributed by atoms with Crippen molar-refractivity contribution in [1.82, 2.24) is 15.5 Å². The Morgan fingerprint density at radius 2 is 1.81 bits per heavy atom. The summed E-state index contributed by atoms with van der Waals surface area (Å²) in [6.45, 7) is 5.39. The molecule has 7 heteroatoms. The van der Waals surface area contributed by atoms with Gasteiger partial charge in [-0.2, -0.15) is 0 Å². The number of ether oxygens (including phenoxy) is 2. The van der Waals surface area contributed by atoms with Crippen LogP contribution in [0.1, 0.15) is 46.4 Å². The third kappa shape index (κ3) is 4.93. The number of rotatable bonds is 7. The summed E-state index contributed by atoms with van der Waals surface area (Å²) < 4.78 is 10.9. The molecule has 1 aliphatic rings. The summed E-state index contributed by atoms with van der Waals surface area (Å²) >= 11 is 0. The number of hydrogen-bond acceptors (Lipinski definition) is 4. The van der Waals surface area contributed by atoms with Gasteiger partial charge in [0.25, 0.3) is 5.91 Å². The molecule has 0 fully saturated rings. The van der Waals surface area contributed by atoms with Gasteiger partial charge in [-0.25, -0.2) is 4.79 Å². The highest BCUT2D eigenvalue weighted by Crippen LogP contribution is 2.38. The molecule has 7 nitrogen and oxygen atoms in total. The van der Waals surface area contributed by atoms with E-state index in [1.54, 1.807) is 25.2 Å². The highest BCUT2D eigenvalue weighted by molar-refractivity contribution is 5.95. The first-order valence-electron chi connectivity index (χ1n) is 10.6. The Morgan fingerprint density at radius 3 is 2.48 bits per heavy atom. The standard InChI is InChI=1S/C24H31N3O4/c1-5-11-25-24(29)27-12-10-17-13-21(30-3)22(31-4)14-19(17)20(27)15-26-23(28)18-9-7-6-8-16(18)2/h6-9,13-14,20H,5,10-12,15H2,1-4H3,(H,25,29)(H,26,28)/t20-/m1/s1. The van der Waals surface area contributed by atoms with Crippen molar-refractivity contribution < 1.29 is 19.1 Å². The predicted molar refractivity (Wildman–Crippen MR) is 120 cm³/mol. The zero-order chi connectivity index (χ0) is 22.4. The van der Waals surface area contributed by atoms with Gasteiger partial charge >= 0.3 is 6.03 Å². The van der Waals surface area contributed by atoms with E-state index in [1.807, 2.05) is 44.2 Å². The molecule has 0 bridgehead atoms. The van der Waals surface area contributed by atoms with Gasteiger partial charge in [-0.15, -0.1) is 0 Å². The maximum atomic E-state index is 12.9. The third-order valence-electron chi connectivity index (χ3n) is 5.64. The average Bonchev–Trinajstić information content (AvgIpc) is 2.79. The van der Waals surface area contributed by atoms with E-state index in [4.69, 9.17) is 9.47 Å². The van der Waals surface area contributed by atoms with Crippen LogP contribution in [0.5, 0.6) is 11.5 Å². The van der Waals surface area contributed by atoms with Gasteiger partial charge in [0.15, 0.2) is 11.5 Å². The molecule has 3 amide bonds. The fourth-order valence-electron chi connectivity index (χ4n) is 3.94. The second-order valence-corrected chi connectivity index (χ2v) is 7.62. The van der Waals surface area contributed by atoms with Crippen LogP contribution in [-0.4, -0.2) is 50.7 Å². The monoisotopic (exact) mass is 425 g/mol. The number of hydrogen-bond donors (Lipinski definition) is 2. The number of nitrogens with one attached hydrogen (secondary N) is 2. The van der Waals surface area contributed by atoms with Gasteiger partial charge in [0.1, 0.15) is 0 Å². The molecule has 1 atom stereocenters. The van der Waals surface area contributed by atoms with Crippen LogP contribution >= 0.6 is 0 Å². The lowest BCUT2D eigenvalue weighted by molar-refractivity contribution is 0.0933. The molecular formula is C24H31N3O4. The maximum absolute atomic E-state index is 12.9. The molecule has 0 saturated carbocycles. The molecule has 0 saturated heterocycles. The lowest BCUT2D eigenvalue weighted by atomic mass is 9.91. The van der Waals surface area contributed by atoms with Crippen LogP contribution in [0.2, 0.25) is 0 Å². The van der Waals surface area contributed by atoms with Gasteiger partial charge in [-0.05, 0) is 54.7 Å². The van der Waals surface area contributed by atoms with Gasteiger partial charge < -0.3 is 25.0 Å². The second-order valence-electron chi connectivity index (χ2n) is 7.62. The molecule has 0 aliphatic carbocycles. The lowest BCUT2D eigenvalue weighted by Crippen LogP contribution is -2.49. The largest absolute Gasteiger partial charge is 0.493 e. The van der Waals surface area contributed by atoms with E-state index in [0.29, 0.717) is 43.1 Å². The molecule has 0 spiro atoms. The summed E-state index contributed by atoms with van der Waals surface area (Å²) in [5, 5.41) is 5.99. The minimum atomic E-state index is -0.312. The number of methoxy groups -OCH3 is 2. The molecule has 2 N–H and O–H groups in total. The molecule has 3 rings (SSSR count). The van der Waals surface area contributed by atoms with Crippen molar-refractivity contribution in [3.05, 3.63) is 58.7 Å². The molecule has 166 valence electrons. The molecule has 2 aromatic carbocycles. The molecule has 2 aromatic rings. The topological polar surface area (TPSA) is 79.9 Å². The van der Waals surface area contributed by atoms with E-state index >= 15 is 0 Å². The molecule has 0 radical (unpaired) electrons. The Bertz CT molecular complexity index is 944. The summed E-state index contributed by atoms with van der Waals surface area (Å²) in [7, 11) is 3.20. The van der Waals surface area contributed by atoms with Crippen LogP contribution in [0.15, 0.2) is 36.4 Å². The number of nitrogens with zero attached hydrogens (tertiary/aromatic N) is 1. The quantitative estimate of drug-likeness (QED) is 0.712. The Hall–Kier alpha value is -3.22. The Kier molecular flexibility index (Phi) is 7.39. The lowest BCUT2D eigenvalue weighted by Gasteiger charge is -2.38. The van der Waals surface area contributed by atoms with E-state index in [2.05, 4.69) is 10.6 Å². The number of carbonyl (C=O) groups excluding carboxylic acids is 2. The van der Waals surface area contributed by atoms with Crippen LogP contribution < -0.4 is 20.1 Å². The van der Waals surface area contributed by atoms with E-state index in [9.17, 15) is 9.59 Å². The molecule has 0 aromatic heterocycles. The van der Waals surface area contributed by atoms with Crippen LogP contribution in [0.3, 0.4) is 0 Å². The Morgan fingerprint density at radius 1 is 1.10 bits per heavy atom.